The molecule has 2 aromatic carbocycles. The fraction of sp³-hybridized carbons (Fsp3) is 0.111. The largest absolute Gasteiger partial charge is 0.423 e. The Kier molecular flexibility index (Phi) is 4.89. The van der Waals surface area contributed by atoms with E-state index in [2.05, 4.69) is 6.92 Å². The van der Waals surface area contributed by atoms with Crippen LogP contribution in [0, 0.1) is 11.3 Å². The van der Waals surface area contributed by atoms with Crippen molar-refractivity contribution in [2.24, 2.45) is 0 Å². The number of carbonyl (C=O) groups is 1. The second-order valence-corrected chi connectivity index (χ2v) is 4.49. The van der Waals surface area contributed by atoms with Crippen molar-refractivity contribution in [2.45, 2.75) is 13.3 Å². The highest BCUT2D eigenvalue weighted by molar-refractivity contribution is 5.88. The maximum Gasteiger partial charge on any atom is 0.336 e. The molecule has 0 fully saturated rings. The monoisotopic (exact) mass is 277 g/mol. The number of benzene rings is 2. The van der Waals surface area contributed by atoms with E-state index in [0.717, 1.165) is 12.0 Å². The molecule has 0 amide bonds. The lowest BCUT2D eigenvalue weighted by Crippen LogP contribution is -2.03. The topological polar surface area (TPSA) is 50.1 Å². The normalized spacial score (nSPS) is 10.3. The number of esters is 1. The predicted molar refractivity (Wildman–Crippen MR) is 81.6 cm³/mol. The highest BCUT2D eigenvalue weighted by atomic mass is 16.5. The van der Waals surface area contributed by atoms with Crippen molar-refractivity contribution in [2.75, 3.05) is 0 Å². The van der Waals surface area contributed by atoms with Crippen molar-refractivity contribution in [3.63, 3.8) is 0 Å². The van der Waals surface area contributed by atoms with Gasteiger partial charge in [-0.2, -0.15) is 5.26 Å². The van der Waals surface area contributed by atoms with Gasteiger partial charge in [-0.25, -0.2) is 4.79 Å². The number of ether oxygens (including phenoxy) is 1. The maximum absolute atomic E-state index is 11.7. The number of hydrogen-bond donors (Lipinski definition) is 0. The number of carbonyl (C=O) groups excluding carboxylic acids is 1. The van der Waals surface area contributed by atoms with E-state index >= 15 is 0 Å². The van der Waals surface area contributed by atoms with E-state index in [0.29, 0.717) is 11.3 Å². The average molecular weight is 277 g/mol. The molecule has 0 N–H and O–H groups in total. The van der Waals surface area contributed by atoms with E-state index in [1.54, 1.807) is 30.3 Å². The Hall–Kier alpha value is -2.86. The molecule has 0 aliphatic heterocycles. The maximum atomic E-state index is 11.7. The summed E-state index contributed by atoms with van der Waals surface area (Å²) in [6, 6.07) is 16.4. The molecule has 0 bridgehead atoms. The van der Waals surface area contributed by atoms with Crippen LogP contribution in [0.2, 0.25) is 0 Å². The summed E-state index contributed by atoms with van der Waals surface area (Å²) in [5, 5.41) is 8.69. The molecule has 0 aromatic heterocycles. The van der Waals surface area contributed by atoms with Gasteiger partial charge >= 0.3 is 5.97 Å². The van der Waals surface area contributed by atoms with Crippen LogP contribution in [0.15, 0.2) is 54.6 Å². The number of hydrogen-bond acceptors (Lipinski definition) is 3. The van der Waals surface area contributed by atoms with Crippen molar-refractivity contribution in [3.8, 4) is 11.8 Å². The number of nitriles is 1. The van der Waals surface area contributed by atoms with Crippen LogP contribution >= 0.6 is 0 Å². The van der Waals surface area contributed by atoms with E-state index in [1.165, 1.54) is 11.6 Å². The Bertz CT molecular complexity index is 677. The second-order valence-electron chi connectivity index (χ2n) is 4.49. The molecule has 104 valence electrons. The molecule has 0 heterocycles. The minimum atomic E-state index is -0.445. The zero-order valence-electron chi connectivity index (χ0n) is 11.7. The van der Waals surface area contributed by atoms with Crippen LogP contribution in [-0.4, -0.2) is 5.97 Å². The molecule has 0 spiro atoms. The quantitative estimate of drug-likeness (QED) is 0.486. The zero-order chi connectivity index (χ0) is 15.1. The third kappa shape index (κ3) is 4.32. The van der Waals surface area contributed by atoms with E-state index in [-0.39, 0.29) is 0 Å². The molecular formula is C18H15NO2. The molecule has 0 saturated heterocycles. The van der Waals surface area contributed by atoms with Crippen LogP contribution in [0.4, 0.5) is 0 Å². The van der Waals surface area contributed by atoms with Crippen LogP contribution in [0.5, 0.6) is 5.75 Å². The van der Waals surface area contributed by atoms with E-state index in [9.17, 15) is 4.79 Å². The molecule has 0 unspecified atom stereocenters. The highest BCUT2D eigenvalue weighted by Gasteiger charge is 2.00. The van der Waals surface area contributed by atoms with Gasteiger partial charge in [0.15, 0.2) is 0 Å². The van der Waals surface area contributed by atoms with E-state index in [4.69, 9.17) is 10.00 Å². The summed E-state index contributed by atoms with van der Waals surface area (Å²) in [4.78, 5) is 11.7. The summed E-state index contributed by atoms with van der Waals surface area (Å²) in [6.07, 6.45) is 4.09. The molecule has 0 atom stereocenters. The summed E-state index contributed by atoms with van der Waals surface area (Å²) in [5.74, 6) is -0.0238. The van der Waals surface area contributed by atoms with E-state index in [1.807, 2.05) is 30.3 Å². The van der Waals surface area contributed by atoms with Gasteiger partial charge in [-0.05, 0) is 47.9 Å². The SMILES string of the molecule is CCc1ccc(/C=C/C(=O)Oc2ccc(C#N)cc2)cc1. The lowest BCUT2D eigenvalue weighted by atomic mass is 10.1. The minimum Gasteiger partial charge on any atom is -0.423 e. The van der Waals surface area contributed by atoms with Crippen LogP contribution < -0.4 is 4.74 Å². The van der Waals surface area contributed by atoms with Gasteiger partial charge in [-0.15, -0.1) is 0 Å². The van der Waals surface area contributed by atoms with Gasteiger partial charge in [0.25, 0.3) is 0 Å². The fourth-order valence-corrected chi connectivity index (χ4v) is 1.78. The summed E-state index contributed by atoms with van der Waals surface area (Å²) in [6.45, 7) is 2.10. The Balaban J connectivity index is 1.96. The van der Waals surface area contributed by atoms with Gasteiger partial charge in [-0.3, -0.25) is 0 Å². The van der Waals surface area contributed by atoms with Crippen molar-refractivity contribution in [3.05, 3.63) is 71.3 Å². The summed E-state index contributed by atoms with van der Waals surface area (Å²) in [7, 11) is 0. The van der Waals surface area contributed by atoms with Gasteiger partial charge in [0.2, 0.25) is 0 Å². The fourth-order valence-electron chi connectivity index (χ4n) is 1.78. The Morgan fingerprint density at radius 1 is 1.14 bits per heavy atom. The van der Waals surface area contributed by atoms with Crippen molar-refractivity contribution in [1.29, 1.82) is 5.26 Å². The molecule has 3 nitrogen and oxygen atoms in total. The summed E-state index contributed by atoms with van der Waals surface area (Å²) >= 11 is 0. The average Bonchev–Trinajstić information content (AvgIpc) is 2.54. The molecule has 0 saturated carbocycles. The Labute approximate surface area is 124 Å². The molecule has 0 aliphatic rings. The molecule has 2 rings (SSSR count). The molecule has 21 heavy (non-hydrogen) atoms. The Morgan fingerprint density at radius 3 is 2.38 bits per heavy atom. The van der Waals surface area contributed by atoms with Crippen molar-refractivity contribution < 1.29 is 9.53 Å². The third-order valence-electron chi connectivity index (χ3n) is 3.00. The van der Waals surface area contributed by atoms with Crippen molar-refractivity contribution >= 4 is 12.0 Å². The van der Waals surface area contributed by atoms with Gasteiger partial charge in [-0.1, -0.05) is 31.2 Å². The van der Waals surface area contributed by atoms with Gasteiger partial charge in [0.05, 0.1) is 11.6 Å². The first-order valence-corrected chi connectivity index (χ1v) is 6.70. The lowest BCUT2D eigenvalue weighted by Gasteiger charge is -2.01. The van der Waals surface area contributed by atoms with Crippen LogP contribution in [0.1, 0.15) is 23.6 Å². The Morgan fingerprint density at radius 2 is 1.81 bits per heavy atom. The van der Waals surface area contributed by atoms with Gasteiger partial charge in [0.1, 0.15) is 5.75 Å². The molecule has 0 radical (unpaired) electrons. The van der Waals surface area contributed by atoms with Gasteiger partial charge in [0, 0.05) is 6.08 Å². The van der Waals surface area contributed by atoms with Crippen LogP contribution in [0.3, 0.4) is 0 Å². The van der Waals surface area contributed by atoms with Crippen LogP contribution in [-0.2, 0) is 11.2 Å². The summed E-state index contributed by atoms with van der Waals surface area (Å²) in [5.41, 5.74) is 2.73. The van der Waals surface area contributed by atoms with E-state index < -0.39 is 5.97 Å². The minimum absolute atomic E-state index is 0.421. The first-order chi connectivity index (χ1) is 10.2. The number of aryl methyl sites for hydroxylation is 1. The predicted octanol–water partition coefficient (Wildman–Crippen LogP) is 3.74. The standard InChI is InChI=1S/C18H15NO2/c1-2-14-3-5-15(6-4-14)9-12-18(20)21-17-10-7-16(13-19)8-11-17/h3-12H,2H2,1H3/b12-9+. The highest BCUT2D eigenvalue weighted by Crippen LogP contribution is 2.12. The molecule has 3 heteroatoms. The second kappa shape index (κ2) is 7.06. The van der Waals surface area contributed by atoms with Crippen molar-refractivity contribution in [1.82, 2.24) is 0 Å². The first kappa shape index (κ1) is 14.5. The number of rotatable bonds is 4. The first-order valence-electron chi connectivity index (χ1n) is 6.70. The molecular weight excluding hydrogens is 262 g/mol. The number of nitrogens with zero attached hydrogens (tertiary/aromatic N) is 1. The molecule has 2 aromatic rings. The third-order valence-corrected chi connectivity index (χ3v) is 3.00. The van der Waals surface area contributed by atoms with Gasteiger partial charge < -0.3 is 4.74 Å². The van der Waals surface area contributed by atoms with Crippen LogP contribution in [0.25, 0.3) is 6.08 Å². The lowest BCUT2D eigenvalue weighted by molar-refractivity contribution is -0.128. The smallest absolute Gasteiger partial charge is 0.336 e. The zero-order valence-corrected chi connectivity index (χ0v) is 11.7. The summed E-state index contributed by atoms with van der Waals surface area (Å²) < 4.78 is 5.15. The molecule has 0 aliphatic carbocycles.